The summed E-state index contributed by atoms with van der Waals surface area (Å²) in [4.78, 5) is 0. The molecule has 0 nitrogen and oxygen atoms in total. The molecule has 0 radical (unpaired) electrons. The van der Waals surface area contributed by atoms with Gasteiger partial charge in [0.05, 0.1) is 10.0 Å². The van der Waals surface area contributed by atoms with Crippen molar-refractivity contribution in [1.29, 1.82) is 0 Å². The molecule has 108 valence electrons. The minimum Gasteiger partial charge on any atom is -0.0831 e. The summed E-state index contributed by atoms with van der Waals surface area (Å²) in [6, 6.07) is 16.5. The molecule has 0 unspecified atom stereocenters. The topological polar surface area (TPSA) is 0 Å². The number of rotatable bonds is 0. The lowest BCUT2D eigenvalue weighted by Gasteiger charge is -2.11. The van der Waals surface area contributed by atoms with Gasteiger partial charge in [-0.25, -0.2) is 0 Å². The lowest BCUT2D eigenvalue weighted by atomic mass is 9.97. The fourth-order valence-corrected chi connectivity index (χ4v) is 4.20. The summed E-state index contributed by atoms with van der Waals surface area (Å²) in [5, 5.41) is 8.46. The van der Waals surface area contributed by atoms with Gasteiger partial charge in [-0.2, -0.15) is 0 Å². The average molecular weight is 455 g/mol. The first-order valence-electron chi connectivity index (χ1n) is 6.65. The predicted molar refractivity (Wildman–Crippen MR) is 104 cm³/mol. The zero-order chi connectivity index (χ0) is 15.4. The molecule has 0 aromatic heterocycles. The van der Waals surface area contributed by atoms with E-state index in [0.717, 1.165) is 29.8 Å². The van der Waals surface area contributed by atoms with Crippen molar-refractivity contribution < 1.29 is 0 Å². The Kier molecular flexibility index (Phi) is 3.61. The van der Waals surface area contributed by atoms with Gasteiger partial charge in [-0.1, -0.05) is 59.6 Å². The van der Waals surface area contributed by atoms with Crippen LogP contribution < -0.4 is 0 Å². The quantitative estimate of drug-likeness (QED) is 0.236. The Hall–Kier alpha value is -0.800. The molecule has 0 heterocycles. The molecule has 4 aromatic rings. The summed E-state index contributed by atoms with van der Waals surface area (Å²) in [6.07, 6.45) is 0. The summed E-state index contributed by atoms with van der Waals surface area (Å²) < 4.78 is 1.87. The molecule has 4 rings (SSSR count). The first-order chi connectivity index (χ1) is 10.6. The second-order valence-electron chi connectivity index (χ2n) is 5.14. The van der Waals surface area contributed by atoms with Gasteiger partial charge < -0.3 is 0 Å². The van der Waals surface area contributed by atoms with Gasteiger partial charge in [-0.15, -0.1) is 0 Å². The van der Waals surface area contributed by atoms with Crippen molar-refractivity contribution in [2.24, 2.45) is 0 Å². The standard InChI is InChI=1S/C18H8Br2Cl2/c19-17-13-3-1-9-10(12(13)6-8-15(17)21)2-4-14-11(9)5-7-16(22)18(14)20/h1-8H. The number of halogens is 4. The largest absolute Gasteiger partial charge is 0.0831 e. The van der Waals surface area contributed by atoms with E-state index in [4.69, 9.17) is 23.2 Å². The van der Waals surface area contributed by atoms with Crippen molar-refractivity contribution >= 4 is 87.4 Å². The van der Waals surface area contributed by atoms with Crippen molar-refractivity contribution in [2.75, 3.05) is 0 Å². The van der Waals surface area contributed by atoms with Crippen LogP contribution in [0.4, 0.5) is 0 Å². The van der Waals surface area contributed by atoms with Gasteiger partial charge in [-0.05, 0) is 76.3 Å². The molecule has 0 spiro atoms. The summed E-state index contributed by atoms with van der Waals surface area (Å²) in [7, 11) is 0. The second-order valence-corrected chi connectivity index (χ2v) is 7.54. The van der Waals surface area contributed by atoms with Crippen LogP contribution in [0.1, 0.15) is 0 Å². The van der Waals surface area contributed by atoms with E-state index in [2.05, 4.69) is 68.3 Å². The summed E-state index contributed by atoms with van der Waals surface area (Å²) in [5.74, 6) is 0. The van der Waals surface area contributed by atoms with Crippen LogP contribution in [-0.4, -0.2) is 0 Å². The van der Waals surface area contributed by atoms with Gasteiger partial charge in [0.2, 0.25) is 0 Å². The number of hydrogen-bond donors (Lipinski definition) is 0. The highest BCUT2D eigenvalue weighted by Crippen LogP contribution is 2.39. The van der Waals surface area contributed by atoms with Crippen molar-refractivity contribution in [1.82, 2.24) is 0 Å². The first kappa shape index (κ1) is 14.8. The Morgan fingerprint density at radius 2 is 0.727 bits per heavy atom. The van der Waals surface area contributed by atoms with E-state index in [1.165, 1.54) is 21.5 Å². The summed E-state index contributed by atoms with van der Waals surface area (Å²) >= 11 is 19.6. The molecule has 0 atom stereocenters. The number of benzene rings is 4. The van der Waals surface area contributed by atoms with E-state index in [-0.39, 0.29) is 0 Å². The van der Waals surface area contributed by atoms with E-state index in [1.807, 2.05) is 12.1 Å². The highest BCUT2D eigenvalue weighted by molar-refractivity contribution is 9.11. The molecule has 22 heavy (non-hydrogen) atoms. The highest BCUT2D eigenvalue weighted by atomic mass is 79.9. The fraction of sp³-hybridized carbons (Fsp3) is 0. The molecule has 0 N–H and O–H groups in total. The van der Waals surface area contributed by atoms with E-state index in [9.17, 15) is 0 Å². The van der Waals surface area contributed by atoms with Gasteiger partial charge in [0.15, 0.2) is 0 Å². The van der Waals surface area contributed by atoms with Crippen LogP contribution in [0.5, 0.6) is 0 Å². The van der Waals surface area contributed by atoms with Crippen LogP contribution in [0.2, 0.25) is 10.0 Å². The van der Waals surface area contributed by atoms with Crippen LogP contribution in [0.25, 0.3) is 32.3 Å². The zero-order valence-electron chi connectivity index (χ0n) is 11.1. The van der Waals surface area contributed by atoms with E-state index >= 15 is 0 Å². The normalized spacial score (nSPS) is 11.6. The Labute approximate surface area is 154 Å². The van der Waals surface area contributed by atoms with Crippen LogP contribution in [-0.2, 0) is 0 Å². The fourth-order valence-electron chi connectivity index (χ4n) is 2.91. The number of fused-ring (bicyclic) bond motifs is 5. The Morgan fingerprint density at radius 3 is 1.14 bits per heavy atom. The van der Waals surface area contributed by atoms with Gasteiger partial charge in [-0.3, -0.25) is 0 Å². The monoisotopic (exact) mass is 452 g/mol. The molecule has 0 aliphatic carbocycles. The predicted octanol–water partition coefficient (Wildman–Crippen LogP) is 7.98. The van der Waals surface area contributed by atoms with Gasteiger partial charge in [0.25, 0.3) is 0 Å². The first-order valence-corrected chi connectivity index (χ1v) is 8.99. The van der Waals surface area contributed by atoms with E-state index in [0.29, 0.717) is 0 Å². The van der Waals surface area contributed by atoms with Gasteiger partial charge >= 0.3 is 0 Å². The lowest BCUT2D eigenvalue weighted by Crippen LogP contribution is -1.83. The van der Waals surface area contributed by atoms with Crippen LogP contribution in [0.15, 0.2) is 57.5 Å². The Bertz CT molecular complexity index is 984. The highest BCUT2D eigenvalue weighted by Gasteiger charge is 2.10. The number of hydrogen-bond acceptors (Lipinski definition) is 0. The Balaban J connectivity index is 2.23. The molecule has 0 aliphatic rings. The molecule has 0 saturated carbocycles. The molecule has 0 fully saturated rings. The van der Waals surface area contributed by atoms with Crippen molar-refractivity contribution in [3.63, 3.8) is 0 Å². The maximum Gasteiger partial charge on any atom is 0.0554 e. The summed E-state index contributed by atoms with van der Waals surface area (Å²) in [5.41, 5.74) is 0. The third-order valence-corrected chi connectivity index (χ3v) is 6.76. The second kappa shape index (κ2) is 5.38. The van der Waals surface area contributed by atoms with Crippen molar-refractivity contribution in [2.45, 2.75) is 0 Å². The third-order valence-electron chi connectivity index (χ3n) is 3.97. The lowest BCUT2D eigenvalue weighted by molar-refractivity contribution is 1.72. The SMILES string of the molecule is Clc1ccc2c(ccc3c4ccc(Cl)c(Br)c4ccc23)c1Br. The van der Waals surface area contributed by atoms with Gasteiger partial charge in [0.1, 0.15) is 0 Å². The molecule has 0 aliphatic heterocycles. The van der Waals surface area contributed by atoms with Crippen LogP contribution in [0.3, 0.4) is 0 Å². The zero-order valence-corrected chi connectivity index (χ0v) is 15.8. The maximum absolute atomic E-state index is 6.20. The van der Waals surface area contributed by atoms with E-state index < -0.39 is 0 Å². The average Bonchev–Trinajstić information content (AvgIpc) is 2.53. The molecular weight excluding hydrogens is 447 g/mol. The van der Waals surface area contributed by atoms with Crippen LogP contribution in [0, 0.1) is 0 Å². The van der Waals surface area contributed by atoms with Crippen LogP contribution >= 0.6 is 55.1 Å². The molecule has 0 saturated heterocycles. The molecule has 0 bridgehead atoms. The third kappa shape index (κ3) is 2.09. The van der Waals surface area contributed by atoms with Gasteiger partial charge in [0, 0.05) is 8.95 Å². The molecule has 4 heteroatoms. The Morgan fingerprint density at radius 1 is 0.455 bits per heavy atom. The maximum atomic E-state index is 6.20. The molecule has 0 amide bonds. The van der Waals surface area contributed by atoms with E-state index in [1.54, 1.807) is 0 Å². The van der Waals surface area contributed by atoms with Crippen molar-refractivity contribution in [3.8, 4) is 0 Å². The summed E-state index contributed by atoms with van der Waals surface area (Å²) in [6.45, 7) is 0. The minimum atomic E-state index is 0.724. The molecular formula is C18H8Br2Cl2. The van der Waals surface area contributed by atoms with Crippen molar-refractivity contribution in [3.05, 3.63) is 67.5 Å². The smallest absolute Gasteiger partial charge is 0.0554 e. The minimum absolute atomic E-state index is 0.724. The molecule has 4 aromatic carbocycles.